The molecule has 0 aliphatic carbocycles. The van der Waals surface area contributed by atoms with Crippen molar-refractivity contribution in [3.63, 3.8) is 0 Å². The minimum atomic E-state index is -0.0940. The molecule has 0 radical (unpaired) electrons. The Hall–Kier alpha value is -1.66. The summed E-state index contributed by atoms with van der Waals surface area (Å²) >= 11 is 3.45. The first-order chi connectivity index (χ1) is 10.5. The maximum atomic E-state index is 12.3. The Morgan fingerprint density at radius 1 is 1.45 bits per heavy atom. The number of likely N-dealkylation sites (N-methyl/N-ethyl adjacent to an activating group) is 1. The molecular formula is C16H21BrN4O. The molecule has 1 heterocycles. The summed E-state index contributed by atoms with van der Waals surface area (Å²) in [5.74, 6) is -0.0940. The van der Waals surface area contributed by atoms with Crippen molar-refractivity contribution in [2.75, 3.05) is 13.1 Å². The fourth-order valence-corrected chi connectivity index (χ4v) is 2.65. The van der Waals surface area contributed by atoms with Crippen molar-refractivity contribution >= 4 is 21.8 Å². The van der Waals surface area contributed by atoms with Gasteiger partial charge in [-0.25, -0.2) is 4.68 Å². The van der Waals surface area contributed by atoms with Gasteiger partial charge in [0.25, 0.3) is 5.91 Å². The number of hydrogen-bond acceptors (Lipinski definition) is 3. The highest BCUT2D eigenvalue weighted by atomic mass is 79.9. The van der Waals surface area contributed by atoms with E-state index in [1.54, 1.807) is 10.9 Å². The minimum absolute atomic E-state index is 0.0940. The topological polar surface area (TPSA) is 58.9 Å². The number of amides is 1. The van der Waals surface area contributed by atoms with Crippen molar-refractivity contribution in [1.29, 1.82) is 0 Å². The second kappa shape index (κ2) is 7.56. The van der Waals surface area contributed by atoms with Crippen LogP contribution in [0.3, 0.4) is 0 Å². The van der Waals surface area contributed by atoms with Gasteiger partial charge in [0.1, 0.15) is 0 Å². The molecule has 0 aliphatic rings. The van der Waals surface area contributed by atoms with Gasteiger partial charge in [-0.3, -0.25) is 4.79 Å². The molecule has 0 aliphatic heterocycles. The van der Waals surface area contributed by atoms with Crippen LogP contribution in [0.1, 0.15) is 29.9 Å². The number of nitrogens with zero attached hydrogens (tertiary/aromatic N) is 2. The molecule has 2 aromatic rings. The average molecular weight is 365 g/mol. The third-order valence-electron chi connectivity index (χ3n) is 3.43. The van der Waals surface area contributed by atoms with Crippen LogP contribution in [0.25, 0.3) is 5.69 Å². The van der Waals surface area contributed by atoms with Gasteiger partial charge in [-0.15, -0.1) is 0 Å². The van der Waals surface area contributed by atoms with E-state index in [4.69, 9.17) is 0 Å². The molecule has 0 bridgehead atoms. The first-order valence-electron chi connectivity index (χ1n) is 7.35. The van der Waals surface area contributed by atoms with Crippen LogP contribution in [0.4, 0.5) is 0 Å². The van der Waals surface area contributed by atoms with Gasteiger partial charge >= 0.3 is 0 Å². The molecule has 6 heteroatoms. The van der Waals surface area contributed by atoms with Crippen molar-refractivity contribution in [3.05, 3.63) is 46.2 Å². The van der Waals surface area contributed by atoms with Gasteiger partial charge in [-0.1, -0.05) is 28.9 Å². The Kier molecular flexibility index (Phi) is 5.74. The van der Waals surface area contributed by atoms with E-state index >= 15 is 0 Å². The van der Waals surface area contributed by atoms with Crippen molar-refractivity contribution in [1.82, 2.24) is 20.4 Å². The Balaban J connectivity index is 2.12. The Morgan fingerprint density at radius 3 is 2.91 bits per heavy atom. The molecule has 22 heavy (non-hydrogen) atoms. The molecular weight excluding hydrogens is 344 g/mol. The molecule has 1 aromatic heterocycles. The summed E-state index contributed by atoms with van der Waals surface area (Å²) in [6.45, 7) is 7.47. The van der Waals surface area contributed by atoms with Crippen LogP contribution >= 0.6 is 15.9 Å². The van der Waals surface area contributed by atoms with E-state index in [1.165, 1.54) is 0 Å². The maximum Gasteiger partial charge on any atom is 0.254 e. The van der Waals surface area contributed by atoms with E-state index in [-0.39, 0.29) is 11.9 Å². The zero-order valence-electron chi connectivity index (χ0n) is 13.1. The number of rotatable bonds is 6. The monoisotopic (exact) mass is 364 g/mol. The molecule has 1 amide bonds. The first-order valence-corrected chi connectivity index (χ1v) is 8.14. The number of benzene rings is 1. The second-order valence-electron chi connectivity index (χ2n) is 5.20. The van der Waals surface area contributed by atoms with Gasteiger partial charge in [0.15, 0.2) is 0 Å². The normalized spacial score (nSPS) is 12.2. The summed E-state index contributed by atoms with van der Waals surface area (Å²) in [4.78, 5) is 12.3. The van der Waals surface area contributed by atoms with E-state index in [9.17, 15) is 4.79 Å². The quantitative estimate of drug-likeness (QED) is 0.828. The molecule has 2 rings (SSSR count). The number of hydrogen-bond donors (Lipinski definition) is 2. The van der Waals surface area contributed by atoms with Crippen LogP contribution in [0.5, 0.6) is 0 Å². The maximum absolute atomic E-state index is 12.3. The van der Waals surface area contributed by atoms with Crippen LogP contribution in [0.2, 0.25) is 0 Å². The smallest absolute Gasteiger partial charge is 0.254 e. The highest BCUT2D eigenvalue weighted by Crippen LogP contribution is 2.18. The van der Waals surface area contributed by atoms with Gasteiger partial charge < -0.3 is 10.6 Å². The first kappa shape index (κ1) is 16.7. The summed E-state index contributed by atoms with van der Waals surface area (Å²) in [6.07, 6.45) is 1.61. The average Bonchev–Trinajstić information content (AvgIpc) is 2.87. The van der Waals surface area contributed by atoms with E-state index in [0.717, 1.165) is 22.4 Å². The molecule has 2 N–H and O–H groups in total. The predicted octanol–water partition coefficient (Wildman–Crippen LogP) is 2.67. The standard InChI is InChI=1S/C16H21BrN4O/c1-4-18-11(2)9-19-16(22)15-10-20-21(12(15)3)14-7-5-6-13(17)8-14/h5-8,10-11,18H,4,9H2,1-3H3,(H,19,22)/t11-/m1/s1. The fraction of sp³-hybridized carbons (Fsp3) is 0.375. The zero-order chi connectivity index (χ0) is 16.1. The summed E-state index contributed by atoms with van der Waals surface area (Å²) < 4.78 is 2.75. The number of carbonyl (C=O) groups excluding carboxylic acids is 1. The van der Waals surface area contributed by atoms with Crippen LogP contribution in [0.15, 0.2) is 34.9 Å². The lowest BCUT2D eigenvalue weighted by Gasteiger charge is -2.13. The summed E-state index contributed by atoms with van der Waals surface area (Å²) in [7, 11) is 0. The van der Waals surface area contributed by atoms with Crippen molar-refractivity contribution in [2.24, 2.45) is 0 Å². The van der Waals surface area contributed by atoms with Crippen LogP contribution in [0, 0.1) is 6.92 Å². The molecule has 0 unspecified atom stereocenters. The number of aromatic nitrogens is 2. The molecule has 0 fully saturated rings. The SMILES string of the molecule is CCN[C@H](C)CNC(=O)c1cnn(-c2cccc(Br)c2)c1C. The number of halogens is 1. The minimum Gasteiger partial charge on any atom is -0.350 e. The molecule has 1 aromatic carbocycles. The van der Waals surface area contributed by atoms with Crippen LogP contribution in [-0.2, 0) is 0 Å². The Bertz CT molecular complexity index is 653. The third-order valence-corrected chi connectivity index (χ3v) is 3.92. The largest absolute Gasteiger partial charge is 0.350 e. The number of carbonyl (C=O) groups is 1. The molecule has 118 valence electrons. The lowest BCUT2D eigenvalue weighted by molar-refractivity contribution is 0.0949. The van der Waals surface area contributed by atoms with Gasteiger partial charge in [0.2, 0.25) is 0 Å². The van der Waals surface area contributed by atoms with Crippen molar-refractivity contribution in [2.45, 2.75) is 26.8 Å². The van der Waals surface area contributed by atoms with E-state index in [1.807, 2.05) is 45.0 Å². The third kappa shape index (κ3) is 3.96. The summed E-state index contributed by atoms with van der Waals surface area (Å²) in [6, 6.07) is 8.07. The Labute approximate surface area is 139 Å². The van der Waals surface area contributed by atoms with E-state index < -0.39 is 0 Å². The molecule has 5 nitrogen and oxygen atoms in total. The highest BCUT2D eigenvalue weighted by Gasteiger charge is 2.15. The van der Waals surface area contributed by atoms with Crippen molar-refractivity contribution in [3.8, 4) is 5.69 Å². The van der Waals surface area contributed by atoms with Crippen LogP contribution in [-0.4, -0.2) is 34.8 Å². The number of nitrogens with one attached hydrogen (secondary N) is 2. The van der Waals surface area contributed by atoms with Crippen LogP contribution < -0.4 is 10.6 Å². The molecule has 0 saturated carbocycles. The predicted molar refractivity (Wildman–Crippen MR) is 91.5 cm³/mol. The fourth-order valence-electron chi connectivity index (χ4n) is 2.26. The highest BCUT2D eigenvalue weighted by molar-refractivity contribution is 9.10. The van der Waals surface area contributed by atoms with Crippen molar-refractivity contribution < 1.29 is 4.79 Å². The molecule has 0 saturated heterocycles. The van der Waals surface area contributed by atoms with E-state index in [2.05, 4.69) is 31.7 Å². The lowest BCUT2D eigenvalue weighted by Crippen LogP contribution is -2.38. The summed E-state index contributed by atoms with van der Waals surface area (Å²) in [5, 5.41) is 10.5. The second-order valence-corrected chi connectivity index (χ2v) is 6.12. The van der Waals surface area contributed by atoms with Gasteiger partial charge in [-0.05, 0) is 38.6 Å². The van der Waals surface area contributed by atoms with E-state index in [0.29, 0.717) is 12.1 Å². The Morgan fingerprint density at radius 2 is 2.23 bits per heavy atom. The molecule has 0 spiro atoms. The van der Waals surface area contributed by atoms with Gasteiger partial charge in [0.05, 0.1) is 23.1 Å². The zero-order valence-corrected chi connectivity index (χ0v) is 14.6. The molecule has 1 atom stereocenters. The lowest BCUT2D eigenvalue weighted by atomic mass is 10.2. The summed E-state index contributed by atoms with van der Waals surface area (Å²) in [5.41, 5.74) is 2.35. The van der Waals surface area contributed by atoms with Gasteiger partial charge in [0, 0.05) is 17.1 Å². The van der Waals surface area contributed by atoms with Gasteiger partial charge in [-0.2, -0.15) is 5.10 Å².